The van der Waals surface area contributed by atoms with Crippen LogP contribution in [0.2, 0.25) is 0 Å². The number of aldehydes is 1. The van der Waals surface area contributed by atoms with Crippen molar-refractivity contribution in [2.45, 2.75) is 212 Å². The van der Waals surface area contributed by atoms with E-state index in [1.54, 1.807) is 27.7 Å². The summed E-state index contributed by atoms with van der Waals surface area (Å²) in [7, 11) is 0. The van der Waals surface area contributed by atoms with Crippen LogP contribution in [0.4, 0.5) is 0 Å². The Kier molecular flexibility index (Phi) is 30.8. The highest BCUT2D eigenvalue weighted by atomic mass is 16.7. The van der Waals surface area contributed by atoms with E-state index in [1.807, 2.05) is 6.92 Å². The summed E-state index contributed by atoms with van der Waals surface area (Å²) < 4.78 is 0. The quantitative estimate of drug-likeness (QED) is 0.0308. The van der Waals surface area contributed by atoms with Crippen LogP contribution in [0.1, 0.15) is 164 Å². The van der Waals surface area contributed by atoms with Crippen molar-refractivity contribution in [3.8, 4) is 0 Å². The van der Waals surface area contributed by atoms with Gasteiger partial charge in [0, 0.05) is 6.92 Å². The number of carboxylic acid groups (broad SMARTS) is 2. The summed E-state index contributed by atoms with van der Waals surface area (Å²) in [5, 5.41) is 47.0. The average Bonchev–Trinajstić information content (AvgIpc) is 3.65. The summed E-state index contributed by atoms with van der Waals surface area (Å²) in [5.74, 6) is -10.1. The number of hydroxylamine groups is 2. The Morgan fingerprint density at radius 2 is 1.04 bits per heavy atom. The van der Waals surface area contributed by atoms with E-state index in [9.17, 15) is 63.0 Å². The van der Waals surface area contributed by atoms with Crippen LogP contribution in [0.5, 0.6) is 0 Å². The van der Waals surface area contributed by atoms with E-state index in [0.29, 0.717) is 25.7 Å². The molecule has 1 aliphatic rings. The second-order valence-electron chi connectivity index (χ2n) is 19.0. The van der Waals surface area contributed by atoms with Gasteiger partial charge < -0.3 is 57.3 Å². The van der Waals surface area contributed by atoms with E-state index in [-0.39, 0.29) is 37.4 Å². The highest BCUT2D eigenvalue weighted by Crippen LogP contribution is 2.20. The van der Waals surface area contributed by atoms with Gasteiger partial charge in [0.05, 0.1) is 25.5 Å². The zero-order valence-corrected chi connectivity index (χ0v) is 42.7. The van der Waals surface area contributed by atoms with Gasteiger partial charge in [-0.1, -0.05) is 119 Å². The van der Waals surface area contributed by atoms with Crippen molar-refractivity contribution in [2.24, 2.45) is 11.8 Å². The average molecular weight is 1010 g/mol. The molecule has 0 aromatic rings. The maximum atomic E-state index is 14.0. The first-order chi connectivity index (χ1) is 33.6. The van der Waals surface area contributed by atoms with Gasteiger partial charge in [-0.15, -0.1) is 0 Å². The first-order valence-corrected chi connectivity index (χ1v) is 25.1. The minimum Gasteiger partial charge on any atom is -0.481 e. The number of aliphatic hydroxyl groups is 1. The van der Waals surface area contributed by atoms with Gasteiger partial charge in [-0.25, -0.2) is 5.06 Å². The Morgan fingerprint density at radius 1 is 0.592 bits per heavy atom. The molecule has 8 amide bonds. The molecule has 0 aromatic heterocycles. The second kappa shape index (κ2) is 34.6. The van der Waals surface area contributed by atoms with Crippen molar-refractivity contribution in [1.29, 1.82) is 0 Å². The lowest BCUT2D eigenvalue weighted by molar-refractivity contribution is -0.180. The number of hydrogen-bond acceptors (Lipinski definition) is 13. The van der Waals surface area contributed by atoms with Gasteiger partial charge >= 0.3 is 11.9 Å². The van der Waals surface area contributed by atoms with Crippen molar-refractivity contribution >= 4 is 65.5 Å². The summed E-state index contributed by atoms with van der Waals surface area (Å²) in [6, 6.07) is -11.2. The first-order valence-electron chi connectivity index (χ1n) is 25.1. The maximum Gasteiger partial charge on any atom is 0.305 e. The number of carbonyl (C=O) groups is 11. The van der Waals surface area contributed by atoms with E-state index < -0.39 is 134 Å². The summed E-state index contributed by atoms with van der Waals surface area (Å²) in [6.45, 7) is 11.1. The Morgan fingerprint density at radius 3 is 1.54 bits per heavy atom. The smallest absolute Gasteiger partial charge is 0.305 e. The molecule has 71 heavy (non-hydrogen) atoms. The van der Waals surface area contributed by atoms with Gasteiger partial charge in [0.15, 0.2) is 0 Å². The predicted octanol–water partition coefficient (Wildman–Crippen LogP) is 1.28. The van der Waals surface area contributed by atoms with Crippen LogP contribution in [0, 0.1) is 11.8 Å². The number of nitrogens with one attached hydrogen (secondary N) is 7. The molecule has 0 aliphatic carbocycles. The molecule has 0 spiro atoms. The zero-order valence-electron chi connectivity index (χ0n) is 42.7. The molecule has 8 atom stereocenters. The van der Waals surface area contributed by atoms with Crippen LogP contribution in [-0.2, 0) is 57.6 Å². The topological polar surface area (TPSA) is 345 Å². The first kappa shape index (κ1) is 63.3. The largest absolute Gasteiger partial charge is 0.481 e. The molecule has 0 bridgehead atoms. The van der Waals surface area contributed by atoms with Gasteiger partial charge in [-0.3, -0.25) is 52.8 Å². The highest BCUT2D eigenvalue weighted by Gasteiger charge is 2.44. The predicted molar refractivity (Wildman–Crippen MR) is 258 cm³/mol. The number of carboxylic acids is 2. The van der Waals surface area contributed by atoms with E-state index >= 15 is 0 Å². The zero-order chi connectivity index (χ0) is 53.6. The molecule has 0 radical (unpaired) electrons. The molecule has 1 aliphatic heterocycles. The molecule has 10 N–H and O–H groups in total. The maximum absolute atomic E-state index is 14.0. The number of amides is 8. The lowest BCUT2D eigenvalue weighted by atomic mass is 10.0. The third-order valence-electron chi connectivity index (χ3n) is 11.6. The number of aliphatic carboxylic acids is 2. The molecular weight excluding hydrogens is 929 g/mol. The van der Waals surface area contributed by atoms with E-state index in [1.165, 1.54) is 6.92 Å². The number of rotatable bonds is 38. The fourth-order valence-electron chi connectivity index (χ4n) is 7.83. The molecule has 0 saturated carbocycles. The summed E-state index contributed by atoms with van der Waals surface area (Å²) >= 11 is 0. The van der Waals surface area contributed by atoms with Gasteiger partial charge in [-0.05, 0) is 37.5 Å². The SMILES string of the molecule is CCCCCCCC[C@H](NC(C)=O)C(=O)N[C@@H](CO)C(=O)N[C@@H](CC(C)C)C(=O)N[C@H]1CON([C@@H](CC(C)C)C(=O)N[C@@H](CC(=O)O)C(=O)N[C@@H](CCCCCCCC)C(=O)N[C@H](C=O)CC(=O)O)C1=O. The third kappa shape index (κ3) is 25.3. The summed E-state index contributed by atoms with van der Waals surface area (Å²) in [5.41, 5.74) is 0. The van der Waals surface area contributed by atoms with Gasteiger partial charge in [-0.2, -0.15) is 0 Å². The molecule has 23 heteroatoms. The van der Waals surface area contributed by atoms with Crippen molar-refractivity contribution < 1.29 is 72.9 Å². The molecule has 404 valence electrons. The summed E-state index contributed by atoms with van der Waals surface area (Å²) in [6.07, 6.45) is 9.31. The molecule has 1 rings (SSSR count). The minimum atomic E-state index is -1.80. The van der Waals surface area contributed by atoms with E-state index in [4.69, 9.17) is 9.94 Å². The van der Waals surface area contributed by atoms with Gasteiger partial charge in [0.1, 0.15) is 55.2 Å². The number of unbranched alkanes of at least 4 members (excludes halogenated alkanes) is 10. The normalized spacial score (nSPS) is 16.4. The molecule has 1 fully saturated rings. The molecule has 1 heterocycles. The van der Waals surface area contributed by atoms with Crippen LogP contribution in [0.15, 0.2) is 0 Å². The highest BCUT2D eigenvalue weighted by molar-refractivity contribution is 5.98. The van der Waals surface area contributed by atoms with Crippen LogP contribution in [0.3, 0.4) is 0 Å². The number of aliphatic hydroxyl groups excluding tert-OH is 1. The van der Waals surface area contributed by atoms with Gasteiger partial charge in [0.2, 0.25) is 41.4 Å². The monoisotopic (exact) mass is 1010 g/mol. The van der Waals surface area contributed by atoms with E-state index in [0.717, 1.165) is 62.9 Å². The van der Waals surface area contributed by atoms with Crippen LogP contribution < -0.4 is 37.2 Å². The summed E-state index contributed by atoms with van der Waals surface area (Å²) in [4.78, 5) is 148. The van der Waals surface area contributed by atoms with E-state index in [2.05, 4.69) is 44.1 Å². The van der Waals surface area contributed by atoms with Gasteiger partial charge in [0.25, 0.3) is 5.91 Å². The number of nitrogens with zero attached hydrogens (tertiary/aromatic N) is 1. The Balaban J connectivity index is 3.25. The van der Waals surface area contributed by atoms with Crippen LogP contribution in [-0.4, -0.2) is 147 Å². The third-order valence-corrected chi connectivity index (χ3v) is 11.6. The Hall–Kier alpha value is -5.71. The van der Waals surface area contributed by atoms with Crippen molar-refractivity contribution in [3.05, 3.63) is 0 Å². The van der Waals surface area contributed by atoms with Crippen LogP contribution in [0.25, 0.3) is 0 Å². The Bertz CT molecular complexity index is 1760. The van der Waals surface area contributed by atoms with Crippen molar-refractivity contribution in [1.82, 2.24) is 42.3 Å². The van der Waals surface area contributed by atoms with Crippen LogP contribution >= 0.6 is 0 Å². The molecular formula is C48H82N8O15. The second-order valence-corrected chi connectivity index (χ2v) is 19.0. The molecule has 1 saturated heterocycles. The number of hydrogen-bond donors (Lipinski definition) is 10. The minimum absolute atomic E-state index is 0.0370. The lowest BCUT2D eigenvalue weighted by Gasteiger charge is -2.29. The van der Waals surface area contributed by atoms with Crippen molar-refractivity contribution in [3.63, 3.8) is 0 Å². The molecule has 23 nitrogen and oxygen atoms in total. The standard InChI is InChI=1S/C48H82N8O15/c1-8-10-12-14-16-18-20-33(49-31(7)59)43(65)54-37(27-58)46(68)52-35(22-29(3)4)44(66)55-38-28-71-56(48(38)70)39(23-30(5)6)47(69)53-36(25-41(62)63)45(67)51-34(21-19-17-15-13-11-9-2)42(64)50-32(26-57)24-40(60)61/h26,29-30,32-39,58H,8-25,27-28H2,1-7H3,(H,49,59)(H,50,64)(H,51,67)(H,52,68)(H,53,69)(H,54,65)(H,55,66)(H,60,61)(H,62,63)/t32-,33-,34-,35-,36-,37-,38-,39-/m0/s1. The lowest BCUT2D eigenvalue weighted by Crippen LogP contribution is -2.59. The van der Waals surface area contributed by atoms with Crippen molar-refractivity contribution in [2.75, 3.05) is 13.2 Å². The molecule has 0 unspecified atom stereocenters. The fraction of sp³-hybridized carbons (Fsp3) is 0.771. The number of carbonyl (C=O) groups excluding carboxylic acids is 9. The fourth-order valence-corrected chi connectivity index (χ4v) is 7.83. The Labute approximate surface area is 417 Å². The molecule has 0 aromatic carbocycles.